The Labute approximate surface area is 205 Å². The highest BCUT2D eigenvalue weighted by molar-refractivity contribution is 5.35. The average Bonchev–Trinajstić information content (AvgIpc) is 2.84. The molecule has 0 aromatic heterocycles. The molecule has 192 valence electrons. The monoisotopic (exact) mass is 509 g/mol. The Hall–Kier alpha value is -2.88. The van der Waals surface area contributed by atoms with Gasteiger partial charge in [-0.1, -0.05) is 60.7 Å². The van der Waals surface area contributed by atoms with E-state index < -0.39 is 41.9 Å². The zero-order valence-corrected chi connectivity index (χ0v) is 19.4. The van der Waals surface area contributed by atoms with Gasteiger partial charge in [-0.05, 0) is 41.8 Å². The number of halogens is 6. The van der Waals surface area contributed by atoms with Gasteiger partial charge in [-0.3, -0.25) is 4.90 Å². The Morgan fingerprint density at radius 3 is 1.97 bits per heavy atom. The van der Waals surface area contributed by atoms with Crippen LogP contribution in [-0.2, 0) is 28.4 Å². The summed E-state index contributed by atoms with van der Waals surface area (Å²) in [4.78, 5) is 2.14. The van der Waals surface area contributed by atoms with Gasteiger partial charge in [-0.2, -0.15) is 26.3 Å². The summed E-state index contributed by atoms with van der Waals surface area (Å²) in [6.45, 7) is 2.87. The molecule has 1 aliphatic heterocycles. The Kier molecular flexibility index (Phi) is 7.73. The fraction of sp³-hybridized carbons (Fsp3) is 0.333. The van der Waals surface area contributed by atoms with Crippen molar-refractivity contribution in [2.75, 3.05) is 13.2 Å². The number of nitrogens with zero attached hydrogens (tertiary/aromatic N) is 1. The first-order valence-corrected chi connectivity index (χ1v) is 11.4. The fourth-order valence-corrected chi connectivity index (χ4v) is 4.31. The maximum Gasteiger partial charge on any atom is 0.416 e. The van der Waals surface area contributed by atoms with Crippen LogP contribution in [0.2, 0.25) is 0 Å². The van der Waals surface area contributed by atoms with Gasteiger partial charge in [-0.15, -0.1) is 0 Å². The van der Waals surface area contributed by atoms with Gasteiger partial charge in [0.05, 0.1) is 29.9 Å². The van der Waals surface area contributed by atoms with Crippen molar-refractivity contribution in [1.29, 1.82) is 0 Å². The van der Waals surface area contributed by atoms with Crippen molar-refractivity contribution in [2.24, 2.45) is 0 Å². The Morgan fingerprint density at radius 2 is 1.42 bits per heavy atom. The molecule has 1 fully saturated rings. The molecule has 1 heterocycles. The summed E-state index contributed by atoms with van der Waals surface area (Å²) < 4.78 is 92.1. The number of ether oxygens (including phenoxy) is 2. The van der Waals surface area contributed by atoms with Crippen LogP contribution in [0.25, 0.3) is 0 Å². The number of rotatable bonds is 6. The molecule has 3 nitrogen and oxygen atoms in total. The van der Waals surface area contributed by atoms with E-state index in [2.05, 4.69) is 4.90 Å². The molecule has 3 atom stereocenters. The SMILES string of the molecule is C[C@H](O[C@@H]1OCCN(Cc2ccccc2)[C@H]1c1ccccc1)c1cc(C(F)(F)F)cc(C(F)(F)F)c1. The van der Waals surface area contributed by atoms with Crippen LogP contribution >= 0.6 is 0 Å². The van der Waals surface area contributed by atoms with Crippen LogP contribution in [0.3, 0.4) is 0 Å². The summed E-state index contributed by atoms with van der Waals surface area (Å²) >= 11 is 0. The third-order valence-electron chi connectivity index (χ3n) is 6.10. The first-order valence-electron chi connectivity index (χ1n) is 11.4. The number of morpholine rings is 1. The smallest absolute Gasteiger partial charge is 0.349 e. The van der Waals surface area contributed by atoms with E-state index in [1.54, 1.807) is 0 Å². The summed E-state index contributed by atoms with van der Waals surface area (Å²) in [5.41, 5.74) is -1.06. The molecule has 0 bridgehead atoms. The highest BCUT2D eigenvalue weighted by Gasteiger charge is 2.39. The minimum Gasteiger partial charge on any atom is -0.349 e. The molecule has 3 aromatic rings. The van der Waals surface area contributed by atoms with Crippen LogP contribution in [0.1, 0.15) is 46.9 Å². The summed E-state index contributed by atoms with van der Waals surface area (Å²) in [7, 11) is 0. The van der Waals surface area contributed by atoms with Crippen LogP contribution in [0.4, 0.5) is 26.3 Å². The zero-order valence-electron chi connectivity index (χ0n) is 19.4. The quantitative estimate of drug-likeness (QED) is 0.323. The molecule has 9 heteroatoms. The van der Waals surface area contributed by atoms with Gasteiger partial charge in [0, 0.05) is 13.1 Å². The van der Waals surface area contributed by atoms with Gasteiger partial charge >= 0.3 is 12.4 Å². The molecule has 0 saturated carbocycles. The van der Waals surface area contributed by atoms with Crippen molar-refractivity contribution in [3.63, 3.8) is 0 Å². The molecule has 0 amide bonds. The highest BCUT2D eigenvalue weighted by atomic mass is 19.4. The van der Waals surface area contributed by atoms with E-state index in [4.69, 9.17) is 9.47 Å². The third-order valence-corrected chi connectivity index (χ3v) is 6.10. The standard InChI is InChI=1S/C27H25F6NO2/c1-18(21-14-22(26(28,29)30)16-23(15-21)27(31,32)33)36-25-24(20-10-6-3-7-11-20)34(12-13-35-25)17-19-8-4-2-5-9-19/h2-11,14-16,18,24-25H,12-13,17H2,1H3/t18-,24-,25-/m0/s1. The Bertz CT molecular complexity index is 1100. The van der Waals surface area contributed by atoms with E-state index in [9.17, 15) is 26.3 Å². The van der Waals surface area contributed by atoms with Crippen LogP contribution in [0.5, 0.6) is 0 Å². The van der Waals surface area contributed by atoms with Crippen molar-refractivity contribution in [3.8, 4) is 0 Å². The highest BCUT2D eigenvalue weighted by Crippen LogP contribution is 2.39. The van der Waals surface area contributed by atoms with Gasteiger partial charge in [0.1, 0.15) is 0 Å². The van der Waals surface area contributed by atoms with Gasteiger partial charge < -0.3 is 9.47 Å². The van der Waals surface area contributed by atoms with Crippen molar-refractivity contribution < 1.29 is 35.8 Å². The third kappa shape index (κ3) is 6.27. The lowest BCUT2D eigenvalue weighted by molar-refractivity contribution is -0.231. The second kappa shape index (κ2) is 10.6. The average molecular weight is 509 g/mol. The van der Waals surface area contributed by atoms with Gasteiger partial charge in [0.15, 0.2) is 6.29 Å². The molecule has 3 aromatic carbocycles. The molecule has 0 aliphatic carbocycles. The lowest BCUT2D eigenvalue weighted by atomic mass is 10.0. The largest absolute Gasteiger partial charge is 0.416 e. The van der Waals surface area contributed by atoms with E-state index in [0.717, 1.165) is 11.1 Å². The molecule has 1 aliphatic rings. The van der Waals surface area contributed by atoms with Crippen molar-refractivity contribution in [1.82, 2.24) is 4.90 Å². The van der Waals surface area contributed by atoms with Crippen LogP contribution < -0.4 is 0 Å². The fourth-order valence-electron chi connectivity index (χ4n) is 4.31. The van der Waals surface area contributed by atoms with Gasteiger partial charge in [0.25, 0.3) is 0 Å². The molecule has 0 N–H and O–H groups in total. The van der Waals surface area contributed by atoms with Crippen molar-refractivity contribution in [2.45, 2.75) is 44.3 Å². The van der Waals surface area contributed by atoms with Crippen molar-refractivity contribution in [3.05, 3.63) is 107 Å². The molecule has 4 rings (SSSR count). The first kappa shape index (κ1) is 26.2. The topological polar surface area (TPSA) is 21.7 Å². The molecule has 0 spiro atoms. The molecule has 36 heavy (non-hydrogen) atoms. The van der Waals surface area contributed by atoms with Crippen molar-refractivity contribution >= 4 is 0 Å². The number of alkyl halides is 6. The van der Waals surface area contributed by atoms with E-state index in [1.165, 1.54) is 6.92 Å². The van der Waals surface area contributed by atoms with Crippen LogP contribution in [-0.4, -0.2) is 24.3 Å². The van der Waals surface area contributed by atoms with E-state index in [0.29, 0.717) is 31.8 Å². The van der Waals surface area contributed by atoms with Gasteiger partial charge in [0.2, 0.25) is 0 Å². The number of hydrogen-bond acceptors (Lipinski definition) is 3. The molecular weight excluding hydrogens is 484 g/mol. The minimum atomic E-state index is -4.93. The lowest BCUT2D eigenvalue weighted by Gasteiger charge is -2.42. The first-order chi connectivity index (χ1) is 17.0. The summed E-state index contributed by atoms with van der Waals surface area (Å²) in [5.74, 6) is 0. The molecule has 0 unspecified atom stereocenters. The normalized spacial score (nSPS) is 20.3. The number of hydrogen-bond donors (Lipinski definition) is 0. The number of benzene rings is 3. The van der Waals surface area contributed by atoms with E-state index >= 15 is 0 Å². The van der Waals surface area contributed by atoms with E-state index in [-0.39, 0.29) is 11.6 Å². The Morgan fingerprint density at radius 1 is 0.861 bits per heavy atom. The summed E-state index contributed by atoms with van der Waals surface area (Å²) in [5, 5.41) is 0. The lowest BCUT2D eigenvalue weighted by Crippen LogP contribution is -2.46. The second-order valence-corrected chi connectivity index (χ2v) is 8.67. The Balaban J connectivity index is 1.65. The summed E-state index contributed by atoms with van der Waals surface area (Å²) in [6, 6.07) is 20.2. The minimum absolute atomic E-state index is 0.113. The van der Waals surface area contributed by atoms with Gasteiger partial charge in [-0.25, -0.2) is 0 Å². The summed E-state index contributed by atoms with van der Waals surface area (Å²) in [6.07, 6.45) is -11.9. The maximum atomic E-state index is 13.4. The molecule has 1 saturated heterocycles. The molecular formula is C27H25F6NO2. The predicted molar refractivity (Wildman–Crippen MR) is 122 cm³/mol. The predicted octanol–water partition coefficient (Wildman–Crippen LogP) is 7.40. The second-order valence-electron chi connectivity index (χ2n) is 8.67. The molecule has 0 radical (unpaired) electrons. The zero-order chi connectivity index (χ0) is 25.9. The van der Waals surface area contributed by atoms with Crippen LogP contribution in [0, 0.1) is 0 Å². The maximum absolute atomic E-state index is 13.4. The van der Waals surface area contributed by atoms with E-state index in [1.807, 2.05) is 60.7 Å². The van der Waals surface area contributed by atoms with Crippen LogP contribution in [0.15, 0.2) is 78.9 Å².